The van der Waals surface area contributed by atoms with E-state index in [2.05, 4.69) is 0 Å². The molecular formula is C10H10FNO3. The first-order valence-electron chi connectivity index (χ1n) is 4.35. The monoisotopic (exact) mass is 211 g/mol. The normalized spacial score (nSPS) is 14.3. The van der Waals surface area contributed by atoms with Crippen molar-refractivity contribution in [1.29, 1.82) is 0 Å². The second-order valence-corrected chi connectivity index (χ2v) is 3.26. The lowest BCUT2D eigenvalue weighted by molar-refractivity contribution is -0.615. The van der Waals surface area contributed by atoms with E-state index in [9.17, 15) is 19.3 Å². The molecule has 1 rings (SSSR count). The fourth-order valence-electron chi connectivity index (χ4n) is 1.30. The molecule has 0 amide bonds. The number of ketones is 1. The van der Waals surface area contributed by atoms with E-state index in [1.807, 2.05) is 0 Å². The van der Waals surface area contributed by atoms with Crippen molar-refractivity contribution >= 4 is 5.78 Å². The van der Waals surface area contributed by atoms with Gasteiger partial charge in [0, 0.05) is 0 Å². The zero-order valence-corrected chi connectivity index (χ0v) is 8.14. The summed E-state index contributed by atoms with van der Waals surface area (Å²) in [5.74, 6) is -3.37. The Balaban J connectivity index is 3.13. The van der Waals surface area contributed by atoms with Crippen molar-refractivity contribution in [2.24, 2.45) is 0 Å². The summed E-state index contributed by atoms with van der Waals surface area (Å²) in [6.45, 7) is 1.13. The second kappa shape index (κ2) is 4.16. The lowest BCUT2D eigenvalue weighted by Gasteiger charge is -2.15. The molecular weight excluding hydrogens is 201 g/mol. The molecule has 0 fully saturated rings. The van der Waals surface area contributed by atoms with Crippen LogP contribution in [0.15, 0.2) is 30.3 Å². The Labute approximate surface area is 85.9 Å². The second-order valence-electron chi connectivity index (χ2n) is 3.26. The molecule has 0 aliphatic carbocycles. The van der Waals surface area contributed by atoms with Crippen molar-refractivity contribution in [1.82, 2.24) is 0 Å². The minimum atomic E-state index is -2.81. The van der Waals surface area contributed by atoms with Crippen molar-refractivity contribution in [2.45, 2.75) is 19.1 Å². The van der Waals surface area contributed by atoms with Crippen LogP contribution in [0.25, 0.3) is 0 Å². The molecule has 5 heteroatoms. The molecule has 15 heavy (non-hydrogen) atoms. The fraction of sp³-hybridized carbons (Fsp3) is 0.300. The summed E-state index contributed by atoms with van der Waals surface area (Å²) in [7, 11) is 0. The van der Waals surface area contributed by atoms with Crippen LogP contribution in [0.3, 0.4) is 0 Å². The van der Waals surface area contributed by atoms with Crippen molar-refractivity contribution in [3.05, 3.63) is 46.0 Å². The number of halogens is 1. The number of alkyl halides is 1. The van der Waals surface area contributed by atoms with Crippen LogP contribution in [0, 0.1) is 10.1 Å². The molecule has 0 saturated heterocycles. The molecule has 1 aromatic rings. The van der Waals surface area contributed by atoms with E-state index in [1.54, 1.807) is 6.07 Å². The van der Waals surface area contributed by atoms with Gasteiger partial charge in [0.2, 0.25) is 0 Å². The van der Waals surface area contributed by atoms with Gasteiger partial charge < -0.3 is 0 Å². The summed E-state index contributed by atoms with van der Waals surface area (Å²) >= 11 is 0. The van der Waals surface area contributed by atoms with Gasteiger partial charge in [-0.25, -0.2) is 0 Å². The molecule has 4 nitrogen and oxygen atoms in total. The quantitative estimate of drug-likeness (QED) is 0.435. The summed E-state index contributed by atoms with van der Waals surface area (Å²) in [6, 6.07) is 7.20. The van der Waals surface area contributed by atoms with Gasteiger partial charge in [-0.15, -0.1) is 0 Å². The summed E-state index contributed by atoms with van der Waals surface area (Å²) in [5, 5.41) is 10.6. The maximum absolute atomic E-state index is 14.0. The molecule has 1 atom stereocenters. The first kappa shape index (κ1) is 11.3. The topological polar surface area (TPSA) is 60.2 Å². The first-order chi connectivity index (χ1) is 6.97. The van der Waals surface area contributed by atoms with Crippen LogP contribution < -0.4 is 0 Å². The van der Waals surface area contributed by atoms with Crippen LogP contribution in [-0.2, 0) is 10.6 Å². The molecule has 0 aliphatic heterocycles. The summed E-state index contributed by atoms with van der Waals surface area (Å²) in [5.41, 5.74) is -0.106. The number of carbonyl (C=O) groups is 1. The molecule has 0 aliphatic rings. The fourth-order valence-corrected chi connectivity index (χ4v) is 1.30. The Morgan fingerprint density at radius 1 is 1.47 bits per heavy atom. The largest absolute Gasteiger partial charge is 0.391 e. The Morgan fingerprint density at radius 2 is 2.00 bits per heavy atom. The van der Waals surface area contributed by atoms with E-state index in [-0.39, 0.29) is 5.56 Å². The molecule has 0 bridgehead atoms. The molecule has 80 valence electrons. The van der Waals surface area contributed by atoms with E-state index in [4.69, 9.17) is 0 Å². The number of carbonyl (C=O) groups excluding carboxylic acids is 1. The van der Waals surface area contributed by atoms with Crippen molar-refractivity contribution in [3.8, 4) is 0 Å². The molecule has 0 radical (unpaired) electrons. The predicted octanol–water partition coefficient (Wildman–Crippen LogP) is 2.06. The molecule has 0 aromatic heterocycles. The van der Waals surface area contributed by atoms with Crippen LogP contribution in [-0.4, -0.2) is 10.7 Å². The van der Waals surface area contributed by atoms with Gasteiger partial charge in [-0.3, -0.25) is 14.9 Å². The molecule has 0 spiro atoms. The minimum Gasteiger partial charge on any atom is -0.300 e. The maximum atomic E-state index is 14.0. The lowest BCUT2D eigenvalue weighted by Crippen LogP contribution is -2.32. The Hall–Kier alpha value is -1.78. The average molecular weight is 211 g/mol. The molecule has 0 N–H and O–H groups in total. The number of nitrogens with zero attached hydrogens (tertiary/aromatic N) is 1. The highest BCUT2D eigenvalue weighted by Gasteiger charge is 2.46. The summed E-state index contributed by atoms with van der Waals surface area (Å²) < 4.78 is 14.0. The summed E-state index contributed by atoms with van der Waals surface area (Å²) in [4.78, 5) is 20.4. The van der Waals surface area contributed by atoms with Crippen molar-refractivity contribution in [3.63, 3.8) is 0 Å². The lowest BCUT2D eigenvalue weighted by atomic mass is 10.00. The number of nitro groups is 1. The standard InChI is InChI=1S/C10H10FNO3/c1-8(13)7-10(11,12(14)15)9-5-3-2-4-6-9/h2-6H,7H2,1H3/t10-/m1/s1. The first-order valence-corrected chi connectivity index (χ1v) is 4.35. The molecule has 0 saturated carbocycles. The van der Waals surface area contributed by atoms with Gasteiger partial charge >= 0.3 is 5.79 Å². The van der Waals surface area contributed by atoms with Gasteiger partial charge in [0.15, 0.2) is 0 Å². The van der Waals surface area contributed by atoms with Crippen LogP contribution in [0.2, 0.25) is 0 Å². The Kier molecular flexibility index (Phi) is 3.14. The van der Waals surface area contributed by atoms with Gasteiger partial charge in [0.25, 0.3) is 0 Å². The molecule has 1 aromatic carbocycles. The third-order valence-electron chi connectivity index (χ3n) is 1.99. The number of hydrogen-bond acceptors (Lipinski definition) is 3. The maximum Gasteiger partial charge on any atom is 0.391 e. The van der Waals surface area contributed by atoms with Crippen LogP contribution in [0.5, 0.6) is 0 Å². The number of Topliss-reactive ketones (excluding diaryl/α,β-unsaturated/α-hetero) is 1. The van der Waals surface area contributed by atoms with E-state index >= 15 is 0 Å². The highest BCUT2D eigenvalue weighted by Crippen LogP contribution is 2.30. The van der Waals surface area contributed by atoms with Crippen molar-refractivity contribution < 1.29 is 14.1 Å². The van der Waals surface area contributed by atoms with Crippen molar-refractivity contribution in [2.75, 3.05) is 0 Å². The van der Waals surface area contributed by atoms with E-state index < -0.39 is 22.9 Å². The Bertz CT molecular complexity index is 380. The zero-order valence-electron chi connectivity index (χ0n) is 8.14. The number of benzene rings is 1. The minimum absolute atomic E-state index is 0.106. The average Bonchev–Trinajstić information content (AvgIpc) is 2.17. The Morgan fingerprint density at radius 3 is 2.40 bits per heavy atom. The number of rotatable bonds is 4. The molecule has 0 heterocycles. The SMILES string of the molecule is CC(=O)C[C@](F)(c1ccccc1)[N+](=O)[O-]. The molecule has 0 unspecified atom stereocenters. The zero-order chi connectivity index (χ0) is 11.5. The number of hydrogen-bond donors (Lipinski definition) is 0. The summed E-state index contributed by atoms with van der Waals surface area (Å²) in [6.07, 6.45) is -0.746. The van der Waals surface area contributed by atoms with Crippen LogP contribution in [0.1, 0.15) is 18.9 Å². The van der Waals surface area contributed by atoms with E-state index in [0.29, 0.717) is 0 Å². The third-order valence-corrected chi connectivity index (χ3v) is 1.99. The van der Waals surface area contributed by atoms with Gasteiger partial charge in [-0.2, -0.15) is 4.39 Å². The van der Waals surface area contributed by atoms with Gasteiger partial charge in [-0.1, -0.05) is 18.2 Å². The predicted molar refractivity (Wildman–Crippen MR) is 51.5 cm³/mol. The van der Waals surface area contributed by atoms with Gasteiger partial charge in [0.1, 0.15) is 12.2 Å². The van der Waals surface area contributed by atoms with E-state index in [1.165, 1.54) is 24.3 Å². The van der Waals surface area contributed by atoms with Gasteiger partial charge in [0.05, 0.1) is 10.5 Å². The smallest absolute Gasteiger partial charge is 0.300 e. The van der Waals surface area contributed by atoms with Crippen LogP contribution in [0.4, 0.5) is 4.39 Å². The third kappa shape index (κ3) is 2.37. The van der Waals surface area contributed by atoms with E-state index in [0.717, 1.165) is 6.92 Å². The highest BCUT2D eigenvalue weighted by molar-refractivity contribution is 5.76. The highest BCUT2D eigenvalue weighted by atomic mass is 19.1. The van der Waals surface area contributed by atoms with Gasteiger partial charge in [-0.05, 0) is 19.1 Å². The van der Waals surface area contributed by atoms with Crippen LogP contribution >= 0.6 is 0 Å².